The van der Waals surface area contributed by atoms with E-state index in [1.54, 1.807) is 36.3 Å². The molecule has 108 valence electrons. The van der Waals surface area contributed by atoms with Gasteiger partial charge in [0.1, 0.15) is 5.75 Å². The fraction of sp³-hybridized carbons (Fsp3) is 0.429. The first-order valence-electron chi connectivity index (χ1n) is 6.42. The quantitative estimate of drug-likeness (QED) is 0.830. The van der Waals surface area contributed by atoms with E-state index < -0.39 is 12.0 Å². The summed E-state index contributed by atoms with van der Waals surface area (Å²) < 4.78 is 5.08. The van der Waals surface area contributed by atoms with E-state index in [0.29, 0.717) is 12.3 Å². The van der Waals surface area contributed by atoms with Gasteiger partial charge in [0.05, 0.1) is 19.6 Å². The highest BCUT2D eigenvalue weighted by molar-refractivity contribution is 5.80. The number of amides is 1. The maximum atomic E-state index is 11.9. The number of carboxylic acid groups (broad SMARTS) is 1. The van der Waals surface area contributed by atoms with Gasteiger partial charge in [0, 0.05) is 19.0 Å². The van der Waals surface area contributed by atoms with Crippen molar-refractivity contribution in [2.24, 2.45) is 5.73 Å². The summed E-state index contributed by atoms with van der Waals surface area (Å²) in [6.45, 7) is 0.392. The van der Waals surface area contributed by atoms with Gasteiger partial charge in [0.25, 0.3) is 0 Å². The first-order valence-corrected chi connectivity index (χ1v) is 6.42. The number of hydrogen-bond acceptors (Lipinski definition) is 4. The maximum Gasteiger partial charge on any atom is 0.305 e. The number of carbonyl (C=O) groups excluding carboxylic acids is 1. The number of rotatable bonds is 5. The minimum Gasteiger partial charge on any atom is -0.497 e. The third-order valence-corrected chi connectivity index (χ3v) is 3.43. The minimum absolute atomic E-state index is 0.0976. The molecule has 6 nitrogen and oxygen atoms in total. The summed E-state index contributed by atoms with van der Waals surface area (Å²) >= 11 is 0. The first kappa shape index (κ1) is 14.3. The molecule has 0 aliphatic carbocycles. The Balaban J connectivity index is 2.26. The predicted molar refractivity (Wildman–Crippen MR) is 72.3 cm³/mol. The normalized spacial score (nSPS) is 20.0. The second-order valence-electron chi connectivity index (χ2n) is 4.90. The highest BCUT2D eigenvalue weighted by atomic mass is 16.5. The van der Waals surface area contributed by atoms with Crippen molar-refractivity contribution < 1.29 is 19.4 Å². The molecular weight excluding hydrogens is 260 g/mol. The third kappa shape index (κ3) is 3.08. The third-order valence-electron chi connectivity index (χ3n) is 3.43. The maximum absolute atomic E-state index is 11.9. The van der Waals surface area contributed by atoms with Crippen molar-refractivity contribution in [3.63, 3.8) is 0 Å². The summed E-state index contributed by atoms with van der Waals surface area (Å²) in [5, 5.41) is 9.06. The average Bonchev–Trinajstić information content (AvgIpc) is 2.75. The van der Waals surface area contributed by atoms with Crippen LogP contribution in [0.2, 0.25) is 0 Å². The molecule has 1 aromatic carbocycles. The van der Waals surface area contributed by atoms with E-state index in [-0.39, 0.29) is 24.8 Å². The fourth-order valence-corrected chi connectivity index (χ4v) is 2.46. The van der Waals surface area contributed by atoms with E-state index in [4.69, 9.17) is 15.6 Å². The molecule has 1 aromatic rings. The molecule has 1 aliphatic rings. The van der Waals surface area contributed by atoms with Gasteiger partial charge in [0.2, 0.25) is 5.91 Å². The number of hydrogen-bond donors (Lipinski definition) is 2. The van der Waals surface area contributed by atoms with Crippen LogP contribution < -0.4 is 10.5 Å². The van der Waals surface area contributed by atoms with Gasteiger partial charge in [-0.25, -0.2) is 0 Å². The van der Waals surface area contributed by atoms with Crippen LogP contribution in [0, 0.1) is 0 Å². The molecule has 20 heavy (non-hydrogen) atoms. The first-order chi connectivity index (χ1) is 9.51. The van der Waals surface area contributed by atoms with E-state index in [2.05, 4.69) is 0 Å². The second-order valence-corrected chi connectivity index (χ2v) is 4.90. The van der Waals surface area contributed by atoms with E-state index >= 15 is 0 Å². The summed E-state index contributed by atoms with van der Waals surface area (Å²) in [4.78, 5) is 24.5. The van der Waals surface area contributed by atoms with Crippen molar-refractivity contribution in [2.45, 2.75) is 24.9 Å². The van der Waals surface area contributed by atoms with Crippen LogP contribution in [-0.2, 0) is 9.59 Å². The zero-order chi connectivity index (χ0) is 14.7. The highest BCUT2D eigenvalue weighted by Crippen LogP contribution is 2.29. The molecule has 2 rings (SSSR count). The molecule has 2 unspecified atom stereocenters. The van der Waals surface area contributed by atoms with Gasteiger partial charge in [-0.15, -0.1) is 0 Å². The number of carboxylic acids is 1. The molecule has 0 radical (unpaired) electrons. The zero-order valence-electron chi connectivity index (χ0n) is 11.3. The van der Waals surface area contributed by atoms with Crippen LogP contribution in [0.5, 0.6) is 5.75 Å². The Morgan fingerprint density at radius 3 is 2.60 bits per heavy atom. The van der Waals surface area contributed by atoms with E-state index in [1.165, 1.54) is 0 Å². The lowest BCUT2D eigenvalue weighted by Gasteiger charge is -2.27. The Labute approximate surface area is 117 Å². The molecule has 0 spiro atoms. The van der Waals surface area contributed by atoms with Crippen molar-refractivity contribution in [3.05, 3.63) is 29.8 Å². The predicted octanol–water partition coefficient (Wildman–Crippen LogP) is 0.771. The number of nitrogens with zero attached hydrogens (tertiary/aromatic N) is 1. The van der Waals surface area contributed by atoms with Gasteiger partial charge in [-0.2, -0.15) is 0 Å². The molecule has 1 aliphatic heterocycles. The SMILES string of the molecule is COc1ccc(C(CC(=O)O)N2CC(N)CC2=O)cc1. The molecule has 1 heterocycles. The summed E-state index contributed by atoms with van der Waals surface area (Å²) in [6, 6.07) is 6.36. The molecule has 1 amide bonds. The molecule has 2 atom stereocenters. The van der Waals surface area contributed by atoms with Crippen LogP contribution in [0.4, 0.5) is 0 Å². The molecule has 1 saturated heterocycles. The van der Waals surface area contributed by atoms with Crippen LogP contribution in [-0.4, -0.2) is 41.6 Å². The van der Waals surface area contributed by atoms with Crippen LogP contribution in [0.3, 0.4) is 0 Å². The van der Waals surface area contributed by atoms with Crippen molar-refractivity contribution in [2.75, 3.05) is 13.7 Å². The lowest BCUT2D eigenvalue weighted by Crippen LogP contribution is -2.33. The number of benzene rings is 1. The standard InChI is InChI=1S/C14H18N2O4/c1-20-11-4-2-9(3-5-11)12(7-14(18)19)16-8-10(15)6-13(16)17/h2-5,10,12H,6-8,15H2,1H3,(H,18,19). The van der Waals surface area contributed by atoms with Gasteiger partial charge in [-0.05, 0) is 17.7 Å². The van der Waals surface area contributed by atoms with E-state index in [1.807, 2.05) is 0 Å². The van der Waals surface area contributed by atoms with Crippen molar-refractivity contribution in [1.82, 2.24) is 4.90 Å². The fourth-order valence-electron chi connectivity index (χ4n) is 2.46. The Hall–Kier alpha value is -2.08. The lowest BCUT2D eigenvalue weighted by molar-refractivity contribution is -0.139. The van der Waals surface area contributed by atoms with Gasteiger partial charge >= 0.3 is 5.97 Å². The number of methoxy groups -OCH3 is 1. The Morgan fingerprint density at radius 1 is 1.50 bits per heavy atom. The molecular formula is C14H18N2O4. The second kappa shape index (κ2) is 5.92. The van der Waals surface area contributed by atoms with Crippen LogP contribution >= 0.6 is 0 Å². The molecule has 6 heteroatoms. The molecule has 0 aromatic heterocycles. The molecule has 3 N–H and O–H groups in total. The molecule has 0 bridgehead atoms. The number of nitrogens with two attached hydrogens (primary N) is 1. The van der Waals surface area contributed by atoms with Crippen LogP contribution in [0.1, 0.15) is 24.4 Å². The Morgan fingerprint density at radius 2 is 2.15 bits per heavy atom. The smallest absolute Gasteiger partial charge is 0.305 e. The zero-order valence-corrected chi connectivity index (χ0v) is 11.3. The van der Waals surface area contributed by atoms with Crippen LogP contribution in [0.25, 0.3) is 0 Å². The summed E-state index contributed by atoms with van der Waals surface area (Å²) in [5.41, 5.74) is 6.55. The van der Waals surface area contributed by atoms with Crippen molar-refractivity contribution in [1.29, 1.82) is 0 Å². The van der Waals surface area contributed by atoms with E-state index in [0.717, 1.165) is 5.56 Å². The highest BCUT2D eigenvalue weighted by Gasteiger charge is 2.34. The lowest BCUT2D eigenvalue weighted by atomic mass is 10.0. The van der Waals surface area contributed by atoms with Crippen molar-refractivity contribution in [3.8, 4) is 5.75 Å². The Bertz CT molecular complexity index is 500. The summed E-state index contributed by atoms with van der Waals surface area (Å²) in [6.07, 6.45) is 0.136. The van der Waals surface area contributed by atoms with Gasteiger partial charge < -0.3 is 20.5 Å². The largest absolute Gasteiger partial charge is 0.497 e. The van der Waals surface area contributed by atoms with Gasteiger partial charge in [0.15, 0.2) is 0 Å². The van der Waals surface area contributed by atoms with Crippen molar-refractivity contribution >= 4 is 11.9 Å². The van der Waals surface area contributed by atoms with E-state index in [9.17, 15) is 9.59 Å². The Kier molecular flexibility index (Phi) is 4.24. The molecule has 0 saturated carbocycles. The number of aliphatic carboxylic acids is 1. The van der Waals surface area contributed by atoms with Crippen LogP contribution in [0.15, 0.2) is 24.3 Å². The number of ether oxygens (including phenoxy) is 1. The monoisotopic (exact) mass is 278 g/mol. The van der Waals surface area contributed by atoms with Gasteiger partial charge in [-0.1, -0.05) is 12.1 Å². The van der Waals surface area contributed by atoms with Gasteiger partial charge in [-0.3, -0.25) is 9.59 Å². The number of likely N-dealkylation sites (tertiary alicyclic amines) is 1. The minimum atomic E-state index is -0.945. The topological polar surface area (TPSA) is 92.9 Å². The summed E-state index contributed by atoms with van der Waals surface area (Å²) in [7, 11) is 1.56. The summed E-state index contributed by atoms with van der Waals surface area (Å²) in [5.74, 6) is -0.356. The average molecular weight is 278 g/mol. The molecule has 1 fully saturated rings. The number of carbonyl (C=O) groups is 2.